The predicted molar refractivity (Wildman–Crippen MR) is 45.0 cm³/mol. The van der Waals surface area contributed by atoms with Gasteiger partial charge in [-0.3, -0.25) is 4.90 Å². The molecule has 0 aromatic rings. The van der Waals surface area contributed by atoms with Crippen LogP contribution in [0.4, 0.5) is 0 Å². The SMILES string of the molecule is CN1[C@@](C)(C#N)CC[C@]1(C)C#N. The number of nitrogens with zero attached hydrogens (tertiary/aromatic N) is 3. The lowest BCUT2D eigenvalue weighted by molar-refractivity contribution is 0.166. The third-order valence-electron chi connectivity index (χ3n) is 3.06. The molecule has 1 aliphatic rings. The van der Waals surface area contributed by atoms with Gasteiger partial charge in [0.2, 0.25) is 0 Å². The number of hydrogen-bond acceptors (Lipinski definition) is 3. The number of likely N-dealkylation sites (tertiary alicyclic amines) is 1. The maximum Gasteiger partial charge on any atom is 0.107 e. The predicted octanol–water partition coefficient (Wildman–Crippen LogP) is 1.28. The summed E-state index contributed by atoms with van der Waals surface area (Å²) in [5.74, 6) is 0. The van der Waals surface area contributed by atoms with E-state index >= 15 is 0 Å². The van der Waals surface area contributed by atoms with E-state index in [1.54, 1.807) is 0 Å². The zero-order chi connectivity index (χ0) is 9.41. The minimum absolute atomic E-state index is 0.454. The summed E-state index contributed by atoms with van der Waals surface area (Å²) in [5, 5.41) is 17.8. The Morgan fingerprint density at radius 2 is 1.42 bits per heavy atom. The quantitative estimate of drug-likeness (QED) is 0.540. The minimum atomic E-state index is -0.454. The van der Waals surface area contributed by atoms with Crippen molar-refractivity contribution in [3.05, 3.63) is 0 Å². The van der Waals surface area contributed by atoms with E-state index in [1.165, 1.54) is 0 Å². The van der Waals surface area contributed by atoms with Crippen LogP contribution in [0.25, 0.3) is 0 Å². The molecular formula is C9H13N3. The topological polar surface area (TPSA) is 50.8 Å². The first-order valence-electron chi connectivity index (χ1n) is 4.05. The third kappa shape index (κ3) is 0.983. The average molecular weight is 163 g/mol. The molecule has 1 saturated heterocycles. The van der Waals surface area contributed by atoms with Crippen LogP contribution in [0.15, 0.2) is 0 Å². The summed E-state index contributed by atoms with van der Waals surface area (Å²) >= 11 is 0. The molecule has 0 amide bonds. The molecule has 2 atom stereocenters. The Hall–Kier alpha value is -1.06. The van der Waals surface area contributed by atoms with Crippen LogP contribution in [0.2, 0.25) is 0 Å². The van der Waals surface area contributed by atoms with Gasteiger partial charge < -0.3 is 0 Å². The largest absolute Gasteiger partial charge is 0.271 e. The lowest BCUT2D eigenvalue weighted by Gasteiger charge is -2.32. The second kappa shape index (κ2) is 2.47. The van der Waals surface area contributed by atoms with Crippen LogP contribution >= 0.6 is 0 Å². The first kappa shape index (κ1) is 9.03. The first-order chi connectivity index (χ1) is 5.48. The smallest absolute Gasteiger partial charge is 0.107 e. The van der Waals surface area contributed by atoms with Crippen LogP contribution in [-0.2, 0) is 0 Å². The van der Waals surface area contributed by atoms with Gasteiger partial charge in [-0.15, -0.1) is 0 Å². The van der Waals surface area contributed by atoms with Crippen molar-refractivity contribution in [2.24, 2.45) is 0 Å². The molecule has 12 heavy (non-hydrogen) atoms. The van der Waals surface area contributed by atoms with Crippen molar-refractivity contribution in [3.63, 3.8) is 0 Å². The molecule has 3 heteroatoms. The summed E-state index contributed by atoms with van der Waals surface area (Å²) in [5.41, 5.74) is -0.908. The Bertz CT molecular complexity index is 244. The van der Waals surface area contributed by atoms with Gasteiger partial charge in [0.05, 0.1) is 12.1 Å². The van der Waals surface area contributed by atoms with Gasteiger partial charge in [0, 0.05) is 0 Å². The van der Waals surface area contributed by atoms with E-state index in [9.17, 15) is 0 Å². The van der Waals surface area contributed by atoms with Gasteiger partial charge in [0.25, 0.3) is 0 Å². The molecule has 0 radical (unpaired) electrons. The molecular weight excluding hydrogens is 150 g/mol. The molecule has 0 unspecified atom stereocenters. The molecule has 0 aliphatic carbocycles. The van der Waals surface area contributed by atoms with Gasteiger partial charge >= 0.3 is 0 Å². The highest BCUT2D eigenvalue weighted by atomic mass is 15.3. The highest BCUT2D eigenvalue weighted by Gasteiger charge is 2.48. The second-order valence-electron chi connectivity index (χ2n) is 3.83. The first-order valence-corrected chi connectivity index (χ1v) is 4.05. The summed E-state index contributed by atoms with van der Waals surface area (Å²) < 4.78 is 0. The normalized spacial score (nSPS) is 42.1. The van der Waals surface area contributed by atoms with Crippen molar-refractivity contribution < 1.29 is 0 Å². The van der Waals surface area contributed by atoms with Crippen molar-refractivity contribution in [3.8, 4) is 12.1 Å². The number of nitriles is 2. The number of rotatable bonds is 0. The maximum absolute atomic E-state index is 8.92. The van der Waals surface area contributed by atoms with Gasteiger partial charge in [-0.25, -0.2) is 0 Å². The molecule has 3 nitrogen and oxygen atoms in total. The molecule has 0 saturated carbocycles. The van der Waals surface area contributed by atoms with Crippen molar-refractivity contribution in [2.75, 3.05) is 7.05 Å². The van der Waals surface area contributed by atoms with E-state index in [-0.39, 0.29) is 0 Å². The lowest BCUT2D eigenvalue weighted by atomic mass is 10.0. The molecule has 0 spiro atoms. The molecule has 0 bridgehead atoms. The van der Waals surface area contributed by atoms with E-state index in [2.05, 4.69) is 12.1 Å². The third-order valence-corrected chi connectivity index (χ3v) is 3.06. The Morgan fingerprint density at radius 1 is 1.08 bits per heavy atom. The van der Waals surface area contributed by atoms with E-state index in [4.69, 9.17) is 10.5 Å². The molecule has 1 aliphatic heterocycles. The van der Waals surface area contributed by atoms with Gasteiger partial charge in [0.1, 0.15) is 11.1 Å². The summed E-state index contributed by atoms with van der Waals surface area (Å²) in [6, 6.07) is 4.51. The highest BCUT2D eigenvalue weighted by molar-refractivity contribution is 5.20. The van der Waals surface area contributed by atoms with E-state index in [1.807, 2.05) is 25.8 Å². The molecule has 1 fully saturated rings. The fourth-order valence-corrected chi connectivity index (χ4v) is 1.63. The fraction of sp³-hybridized carbons (Fsp3) is 0.778. The van der Waals surface area contributed by atoms with Crippen molar-refractivity contribution in [1.82, 2.24) is 4.90 Å². The van der Waals surface area contributed by atoms with Crippen LogP contribution in [-0.4, -0.2) is 23.0 Å². The van der Waals surface area contributed by atoms with Crippen LogP contribution in [0.3, 0.4) is 0 Å². The fourth-order valence-electron chi connectivity index (χ4n) is 1.63. The van der Waals surface area contributed by atoms with E-state index in [0.717, 1.165) is 12.8 Å². The Labute approximate surface area is 73.2 Å². The van der Waals surface area contributed by atoms with Crippen LogP contribution in [0, 0.1) is 22.7 Å². The van der Waals surface area contributed by atoms with Gasteiger partial charge in [-0.1, -0.05) is 0 Å². The van der Waals surface area contributed by atoms with Crippen molar-refractivity contribution in [1.29, 1.82) is 10.5 Å². The van der Waals surface area contributed by atoms with Crippen LogP contribution in [0.1, 0.15) is 26.7 Å². The molecule has 64 valence electrons. The Balaban J connectivity index is 2.98. The zero-order valence-corrected chi connectivity index (χ0v) is 7.76. The van der Waals surface area contributed by atoms with Crippen LogP contribution in [0.5, 0.6) is 0 Å². The van der Waals surface area contributed by atoms with Gasteiger partial charge in [-0.05, 0) is 33.7 Å². The monoisotopic (exact) mass is 163 g/mol. The van der Waals surface area contributed by atoms with E-state index < -0.39 is 11.1 Å². The lowest BCUT2D eigenvalue weighted by Crippen LogP contribution is -2.46. The van der Waals surface area contributed by atoms with E-state index in [0.29, 0.717) is 0 Å². The summed E-state index contributed by atoms with van der Waals surface area (Å²) in [6.07, 6.45) is 1.56. The molecule has 0 N–H and O–H groups in total. The summed E-state index contributed by atoms with van der Waals surface area (Å²) in [6.45, 7) is 3.77. The summed E-state index contributed by atoms with van der Waals surface area (Å²) in [4.78, 5) is 1.88. The molecule has 1 heterocycles. The van der Waals surface area contributed by atoms with Crippen LogP contribution < -0.4 is 0 Å². The highest BCUT2D eigenvalue weighted by Crippen LogP contribution is 2.38. The average Bonchev–Trinajstić information content (AvgIpc) is 2.32. The van der Waals surface area contributed by atoms with Gasteiger partial charge in [-0.2, -0.15) is 10.5 Å². The number of hydrogen-bond donors (Lipinski definition) is 0. The molecule has 0 aromatic carbocycles. The minimum Gasteiger partial charge on any atom is -0.271 e. The Morgan fingerprint density at radius 3 is 1.58 bits per heavy atom. The molecule has 1 rings (SSSR count). The van der Waals surface area contributed by atoms with Gasteiger partial charge in [0.15, 0.2) is 0 Å². The van der Waals surface area contributed by atoms with Crippen molar-refractivity contribution >= 4 is 0 Å². The second-order valence-corrected chi connectivity index (χ2v) is 3.83. The molecule has 0 aromatic heterocycles. The maximum atomic E-state index is 8.92. The Kier molecular flexibility index (Phi) is 1.86. The standard InChI is InChI=1S/C9H13N3/c1-8(6-10)4-5-9(2,7-11)12(8)3/h4-5H2,1-3H3/t8-,9-/m1/s1. The van der Waals surface area contributed by atoms with Crippen molar-refractivity contribution in [2.45, 2.75) is 37.8 Å². The zero-order valence-electron chi connectivity index (χ0n) is 7.76. The summed E-state index contributed by atoms with van der Waals surface area (Å²) in [7, 11) is 1.85.